The van der Waals surface area contributed by atoms with Gasteiger partial charge in [0.25, 0.3) is 5.91 Å². The average Bonchev–Trinajstić information content (AvgIpc) is 2.51. The average molecular weight is 342 g/mol. The summed E-state index contributed by atoms with van der Waals surface area (Å²) in [5, 5.41) is 2.20. The lowest BCUT2D eigenvalue weighted by Crippen LogP contribution is -2.36. The second-order valence-electron chi connectivity index (χ2n) is 4.53. The molecule has 0 atom stereocenters. The van der Waals surface area contributed by atoms with E-state index in [9.17, 15) is 18.0 Å². The number of nitrogens with zero attached hydrogens (tertiary/aromatic N) is 1. The molecule has 2 rings (SSSR count). The smallest absolute Gasteiger partial charge is 0.258 e. The molecule has 8 heteroatoms. The Kier molecular flexibility index (Phi) is 5.23. The maximum Gasteiger partial charge on any atom is 0.258 e. The first-order chi connectivity index (χ1) is 10.9. The SMILES string of the molecule is NC(=NCc1ccc(Cl)c(F)c1)NC(=O)c1ccc(F)c(F)c1. The molecule has 3 N–H and O–H groups in total. The van der Waals surface area contributed by atoms with Crippen LogP contribution in [0.15, 0.2) is 41.4 Å². The number of rotatable bonds is 3. The van der Waals surface area contributed by atoms with Gasteiger partial charge in [-0.05, 0) is 35.9 Å². The summed E-state index contributed by atoms with van der Waals surface area (Å²) in [5.41, 5.74) is 5.91. The van der Waals surface area contributed by atoms with Crippen LogP contribution in [0.2, 0.25) is 5.02 Å². The van der Waals surface area contributed by atoms with E-state index >= 15 is 0 Å². The van der Waals surface area contributed by atoms with Crippen LogP contribution in [0, 0.1) is 17.5 Å². The first-order valence-electron chi connectivity index (χ1n) is 6.37. The summed E-state index contributed by atoms with van der Waals surface area (Å²) in [6.45, 7) is 0.0119. The third-order valence-corrected chi connectivity index (χ3v) is 3.15. The minimum atomic E-state index is -1.15. The highest BCUT2D eigenvalue weighted by atomic mass is 35.5. The lowest BCUT2D eigenvalue weighted by Gasteiger charge is -2.05. The molecule has 0 aromatic heterocycles. The molecule has 4 nitrogen and oxygen atoms in total. The van der Waals surface area contributed by atoms with E-state index in [-0.39, 0.29) is 23.1 Å². The minimum Gasteiger partial charge on any atom is -0.370 e. The van der Waals surface area contributed by atoms with Crippen molar-refractivity contribution in [2.45, 2.75) is 6.54 Å². The first kappa shape index (κ1) is 16.8. The fourth-order valence-electron chi connectivity index (χ4n) is 1.68. The summed E-state index contributed by atoms with van der Waals surface area (Å²) in [6, 6.07) is 6.80. The predicted molar refractivity (Wildman–Crippen MR) is 80.6 cm³/mol. The molecule has 0 radical (unpaired) electrons. The standard InChI is InChI=1S/C15H11ClF3N3O/c16-10-3-1-8(5-12(10)18)7-21-15(20)22-14(23)9-2-4-11(17)13(19)6-9/h1-6H,7H2,(H3,20,21,22,23). The number of halogens is 4. The van der Waals surface area contributed by atoms with Crippen LogP contribution in [0.5, 0.6) is 0 Å². The molecular weight excluding hydrogens is 331 g/mol. The van der Waals surface area contributed by atoms with Crippen molar-refractivity contribution in [3.63, 3.8) is 0 Å². The van der Waals surface area contributed by atoms with Gasteiger partial charge in [-0.2, -0.15) is 0 Å². The van der Waals surface area contributed by atoms with Gasteiger partial charge in [0.2, 0.25) is 0 Å². The van der Waals surface area contributed by atoms with E-state index < -0.39 is 23.4 Å². The fourth-order valence-corrected chi connectivity index (χ4v) is 1.80. The molecule has 0 bridgehead atoms. The van der Waals surface area contributed by atoms with Crippen molar-refractivity contribution in [2.24, 2.45) is 10.7 Å². The highest BCUT2D eigenvalue weighted by Gasteiger charge is 2.10. The fraction of sp³-hybridized carbons (Fsp3) is 0.0667. The van der Waals surface area contributed by atoms with Gasteiger partial charge in [-0.3, -0.25) is 10.1 Å². The Bertz CT molecular complexity index is 781. The second kappa shape index (κ2) is 7.15. The summed E-state index contributed by atoms with van der Waals surface area (Å²) < 4.78 is 39.1. The van der Waals surface area contributed by atoms with E-state index in [4.69, 9.17) is 17.3 Å². The molecule has 2 aromatic rings. The van der Waals surface area contributed by atoms with Crippen LogP contribution < -0.4 is 11.1 Å². The molecule has 0 fully saturated rings. The Balaban J connectivity index is 2.02. The zero-order chi connectivity index (χ0) is 17.0. The first-order valence-corrected chi connectivity index (χ1v) is 6.75. The molecule has 23 heavy (non-hydrogen) atoms. The molecule has 0 saturated carbocycles. The van der Waals surface area contributed by atoms with Crippen LogP contribution in [0.3, 0.4) is 0 Å². The van der Waals surface area contributed by atoms with Crippen LogP contribution in [0.4, 0.5) is 13.2 Å². The molecule has 0 aliphatic heterocycles. The largest absolute Gasteiger partial charge is 0.370 e. The van der Waals surface area contributed by atoms with Gasteiger partial charge >= 0.3 is 0 Å². The summed E-state index contributed by atoms with van der Waals surface area (Å²) in [5.74, 6) is -3.79. The molecule has 2 aromatic carbocycles. The predicted octanol–water partition coefficient (Wildman–Crippen LogP) is 3.00. The summed E-state index contributed by atoms with van der Waals surface area (Å²) in [7, 11) is 0. The third-order valence-electron chi connectivity index (χ3n) is 2.84. The van der Waals surface area contributed by atoms with Gasteiger partial charge in [0.15, 0.2) is 17.6 Å². The van der Waals surface area contributed by atoms with Gasteiger partial charge < -0.3 is 5.73 Å². The van der Waals surface area contributed by atoms with E-state index in [1.807, 2.05) is 0 Å². The number of amides is 1. The minimum absolute atomic E-state index is 0.0119. The van der Waals surface area contributed by atoms with Gasteiger partial charge in [-0.15, -0.1) is 0 Å². The van der Waals surface area contributed by atoms with E-state index in [1.165, 1.54) is 12.1 Å². The number of guanidine groups is 1. The maximum atomic E-state index is 13.3. The van der Waals surface area contributed by atoms with Crippen molar-refractivity contribution in [3.05, 3.63) is 70.0 Å². The van der Waals surface area contributed by atoms with Crippen LogP contribution in [0.1, 0.15) is 15.9 Å². The highest BCUT2D eigenvalue weighted by molar-refractivity contribution is 6.30. The molecular formula is C15H11ClF3N3O. The number of carbonyl (C=O) groups excluding carboxylic acids is 1. The molecule has 120 valence electrons. The monoisotopic (exact) mass is 341 g/mol. The van der Waals surface area contributed by atoms with Crippen molar-refractivity contribution in [3.8, 4) is 0 Å². The number of nitrogens with one attached hydrogen (secondary N) is 1. The van der Waals surface area contributed by atoms with Gasteiger partial charge in [-0.1, -0.05) is 17.7 Å². The number of benzene rings is 2. The van der Waals surface area contributed by atoms with E-state index in [2.05, 4.69) is 10.3 Å². The molecule has 0 saturated heterocycles. The van der Waals surface area contributed by atoms with Crippen molar-refractivity contribution in [1.29, 1.82) is 0 Å². The molecule has 0 aliphatic rings. The quantitative estimate of drug-likeness (QED) is 0.665. The normalized spacial score (nSPS) is 11.4. The van der Waals surface area contributed by atoms with Gasteiger partial charge in [0.05, 0.1) is 11.6 Å². The van der Waals surface area contributed by atoms with E-state index in [0.29, 0.717) is 5.56 Å². The van der Waals surface area contributed by atoms with Crippen LogP contribution in [0.25, 0.3) is 0 Å². The van der Waals surface area contributed by atoms with E-state index in [0.717, 1.165) is 18.2 Å². The topological polar surface area (TPSA) is 67.5 Å². The Hall–Kier alpha value is -2.54. The van der Waals surface area contributed by atoms with Gasteiger partial charge in [0.1, 0.15) is 5.82 Å². The van der Waals surface area contributed by atoms with Crippen molar-refractivity contribution in [2.75, 3.05) is 0 Å². The highest BCUT2D eigenvalue weighted by Crippen LogP contribution is 2.16. The van der Waals surface area contributed by atoms with Crippen LogP contribution >= 0.6 is 11.6 Å². The van der Waals surface area contributed by atoms with Gasteiger partial charge in [0, 0.05) is 5.56 Å². The third kappa shape index (κ3) is 4.46. The Labute approximate surface area is 134 Å². The molecule has 0 unspecified atom stereocenters. The molecule has 0 spiro atoms. The zero-order valence-electron chi connectivity index (χ0n) is 11.6. The van der Waals surface area contributed by atoms with Gasteiger partial charge in [-0.25, -0.2) is 18.2 Å². The lowest BCUT2D eigenvalue weighted by atomic mass is 10.2. The maximum absolute atomic E-state index is 13.3. The Morgan fingerprint density at radius 1 is 1.09 bits per heavy atom. The molecule has 0 heterocycles. The summed E-state index contributed by atoms with van der Waals surface area (Å²) >= 11 is 5.55. The van der Waals surface area contributed by atoms with E-state index in [1.54, 1.807) is 6.07 Å². The number of carbonyl (C=O) groups is 1. The Morgan fingerprint density at radius 3 is 2.48 bits per heavy atom. The van der Waals surface area contributed by atoms with Crippen LogP contribution in [-0.2, 0) is 6.54 Å². The Morgan fingerprint density at radius 2 is 1.83 bits per heavy atom. The number of aliphatic imine (C=N–C) groups is 1. The van der Waals surface area contributed by atoms with Crippen molar-refractivity contribution in [1.82, 2.24) is 5.32 Å². The molecule has 0 aliphatic carbocycles. The summed E-state index contributed by atoms with van der Waals surface area (Å²) in [4.78, 5) is 15.6. The summed E-state index contributed by atoms with van der Waals surface area (Å²) in [6.07, 6.45) is 0. The zero-order valence-corrected chi connectivity index (χ0v) is 12.4. The molecule has 1 amide bonds. The van der Waals surface area contributed by atoms with Crippen molar-refractivity contribution < 1.29 is 18.0 Å². The second-order valence-corrected chi connectivity index (χ2v) is 4.94. The lowest BCUT2D eigenvalue weighted by molar-refractivity contribution is 0.0976. The number of nitrogens with two attached hydrogens (primary N) is 1. The number of hydrogen-bond donors (Lipinski definition) is 2. The number of hydrogen-bond acceptors (Lipinski definition) is 2. The van der Waals surface area contributed by atoms with Crippen molar-refractivity contribution >= 4 is 23.5 Å². The van der Waals surface area contributed by atoms with Crippen LogP contribution in [-0.4, -0.2) is 11.9 Å².